The molecule has 3 aromatic rings. The van der Waals surface area contributed by atoms with Crippen molar-refractivity contribution in [2.24, 2.45) is 10.7 Å². The van der Waals surface area contributed by atoms with Crippen LogP contribution < -0.4 is 5.73 Å². The number of alkyl halides is 2. The fourth-order valence-electron chi connectivity index (χ4n) is 3.60. The number of ether oxygens (including phenoxy) is 1. The SMILES string of the molecule is CC1(C)OCC(N)=NC(C)(c2cc(-c3nc4ccc(Cl)cc4s3)ccc2F)C1(F)F. The summed E-state index contributed by atoms with van der Waals surface area (Å²) in [4.78, 5) is 8.55. The molecule has 0 saturated heterocycles. The van der Waals surface area contributed by atoms with Gasteiger partial charge in [0.2, 0.25) is 0 Å². The molecule has 2 heterocycles. The van der Waals surface area contributed by atoms with E-state index < -0.39 is 22.9 Å². The Balaban J connectivity index is 1.91. The van der Waals surface area contributed by atoms with Crippen LogP contribution >= 0.6 is 22.9 Å². The fraction of sp³-hybridized carbons (Fsp3) is 0.333. The van der Waals surface area contributed by atoms with Gasteiger partial charge in [0.1, 0.15) is 28.9 Å². The third-order valence-corrected chi connectivity index (χ3v) is 6.71. The molecule has 4 rings (SSSR count). The fourth-order valence-corrected chi connectivity index (χ4v) is 4.84. The Morgan fingerprint density at radius 2 is 1.87 bits per heavy atom. The van der Waals surface area contributed by atoms with Crippen molar-refractivity contribution < 1.29 is 17.9 Å². The lowest BCUT2D eigenvalue weighted by atomic mass is 9.77. The molecule has 0 fully saturated rings. The van der Waals surface area contributed by atoms with Gasteiger partial charge in [-0.2, -0.15) is 0 Å². The van der Waals surface area contributed by atoms with E-state index in [0.29, 0.717) is 21.1 Å². The second-order valence-electron chi connectivity index (χ2n) is 7.87. The Kier molecular flexibility index (Phi) is 4.87. The second kappa shape index (κ2) is 6.93. The molecule has 2 N–H and O–H groups in total. The Morgan fingerprint density at radius 3 is 2.60 bits per heavy atom. The molecule has 0 radical (unpaired) electrons. The van der Waals surface area contributed by atoms with Crippen LogP contribution in [-0.4, -0.2) is 29.0 Å². The Hall–Kier alpha value is -2.16. The monoisotopic (exact) mass is 453 g/mol. The number of halogens is 4. The van der Waals surface area contributed by atoms with E-state index >= 15 is 8.78 Å². The van der Waals surface area contributed by atoms with Gasteiger partial charge in [0, 0.05) is 16.1 Å². The van der Waals surface area contributed by atoms with Crippen LogP contribution in [0.2, 0.25) is 5.02 Å². The molecular formula is C21H19ClF3N3OS. The molecule has 0 saturated carbocycles. The van der Waals surface area contributed by atoms with Gasteiger partial charge >= 0.3 is 5.92 Å². The number of aromatic nitrogens is 1. The van der Waals surface area contributed by atoms with Crippen LogP contribution in [0.25, 0.3) is 20.8 Å². The lowest BCUT2D eigenvalue weighted by molar-refractivity contribution is -0.214. The molecule has 0 bridgehead atoms. The first-order valence-electron chi connectivity index (χ1n) is 9.17. The highest BCUT2D eigenvalue weighted by Crippen LogP contribution is 2.51. The summed E-state index contributed by atoms with van der Waals surface area (Å²) in [6.45, 7) is 3.41. The lowest BCUT2D eigenvalue weighted by Gasteiger charge is -2.42. The third-order valence-electron chi connectivity index (χ3n) is 5.40. The van der Waals surface area contributed by atoms with Crippen LogP contribution in [-0.2, 0) is 10.3 Å². The molecule has 1 aliphatic rings. The van der Waals surface area contributed by atoms with E-state index in [0.717, 1.165) is 10.8 Å². The Morgan fingerprint density at radius 1 is 1.13 bits per heavy atom. The normalized spacial score (nSPS) is 23.2. The maximum Gasteiger partial charge on any atom is 0.304 e. The summed E-state index contributed by atoms with van der Waals surface area (Å²) < 4.78 is 52.2. The average Bonchev–Trinajstić information content (AvgIpc) is 3.07. The summed E-state index contributed by atoms with van der Waals surface area (Å²) in [6.07, 6.45) is 0. The molecule has 0 spiro atoms. The molecule has 158 valence electrons. The van der Waals surface area contributed by atoms with Gasteiger partial charge in [0.15, 0.2) is 5.54 Å². The molecule has 0 amide bonds. The van der Waals surface area contributed by atoms with E-state index in [2.05, 4.69) is 9.98 Å². The maximum absolute atomic E-state index is 15.6. The zero-order valence-electron chi connectivity index (χ0n) is 16.5. The summed E-state index contributed by atoms with van der Waals surface area (Å²) in [7, 11) is 0. The minimum absolute atomic E-state index is 0.123. The van der Waals surface area contributed by atoms with Gasteiger partial charge in [-0.25, -0.2) is 18.2 Å². The maximum atomic E-state index is 15.6. The standard InChI is InChI=1S/C21H19ClF3N3OS/c1-19(2)21(24,25)20(3,28-17(26)10-29-19)13-8-11(4-6-14(13)23)18-27-15-7-5-12(22)9-16(15)30-18/h4-9H,10H2,1-3H3,(H2,26,28). The number of hydrogen-bond acceptors (Lipinski definition) is 5. The van der Waals surface area contributed by atoms with E-state index in [4.69, 9.17) is 22.1 Å². The Labute approximate surface area is 180 Å². The number of aliphatic imine (C=N–C) groups is 1. The van der Waals surface area contributed by atoms with Crippen LogP contribution in [0.5, 0.6) is 0 Å². The highest BCUT2D eigenvalue weighted by atomic mass is 35.5. The highest BCUT2D eigenvalue weighted by Gasteiger charge is 2.63. The smallest absolute Gasteiger partial charge is 0.304 e. The molecular weight excluding hydrogens is 435 g/mol. The highest BCUT2D eigenvalue weighted by molar-refractivity contribution is 7.21. The van der Waals surface area contributed by atoms with E-state index in [-0.39, 0.29) is 18.0 Å². The quantitative estimate of drug-likeness (QED) is 0.535. The van der Waals surface area contributed by atoms with E-state index in [1.165, 1.54) is 44.2 Å². The van der Waals surface area contributed by atoms with Gasteiger partial charge < -0.3 is 10.5 Å². The van der Waals surface area contributed by atoms with Crippen molar-refractivity contribution in [3.05, 3.63) is 52.8 Å². The minimum atomic E-state index is -3.55. The van der Waals surface area contributed by atoms with Crippen molar-refractivity contribution >= 4 is 39.0 Å². The van der Waals surface area contributed by atoms with Crippen molar-refractivity contribution in [1.82, 2.24) is 4.98 Å². The van der Waals surface area contributed by atoms with Gasteiger partial charge in [0.05, 0.1) is 10.2 Å². The van der Waals surface area contributed by atoms with Crippen LogP contribution in [0.4, 0.5) is 13.2 Å². The summed E-state index contributed by atoms with van der Waals surface area (Å²) in [5, 5.41) is 1.12. The summed E-state index contributed by atoms with van der Waals surface area (Å²) in [6, 6.07) is 9.28. The topological polar surface area (TPSA) is 60.5 Å². The molecule has 1 aromatic heterocycles. The van der Waals surface area contributed by atoms with Gasteiger partial charge in [0.25, 0.3) is 0 Å². The number of nitrogens with zero attached hydrogens (tertiary/aromatic N) is 2. The second-order valence-corrected chi connectivity index (χ2v) is 9.34. The first-order chi connectivity index (χ1) is 13.9. The number of fused-ring (bicyclic) bond motifs is 1. The molecule has 9 heteroatoms. The zero-order valence-corrected chi connectivity index (χ0v) is 18.0. The zero-order chi connectivity index (χ0) is 21.9. The molecule has 0 aliphatic carbocycles. The summed E-state index contributed by atoms with van der Waals surface area (Å²) in [5.74, 6) is -4.48. The molecule has 1 unspecified atom stereocenters. The van der Waals surface area contributed by atoms with E-state index in [9.17, 15) is 4.39 Å². The molecule has 2 aromatic carbocycles. The number of benzene rings is 2. The summed E-state index contributed by atoms with van der Waals surface area (Å²) >= 11 is 7.37. The van der Waals surface area contributed by atoms with Crippen LogP contribution in [0.3, 0.4) is 0 Å². The largest absolute Gasteiger partial charge is 0.385 e. The predicted octanol–water partition coefficient (Wildman–Crippen LogP) is 5.77. The minimum Gasteiger partial charge on any atom is -0.385 e. The first kappa shape index (κ1) is 21.1. The van der Waals surface area contributed by atoms with Crippen molar-refractivity contribution in [3.8, 4) is 10.6 Å². The van der Waals surface area contributed by atoms with Crippen LogP contribution in [0.15, 0.2) is 41.4 Å². The summed E-state index contributed by atoms with van der Waals surface area (Å²) in [5.41, 5.74) is 2.56. The first-order valence-corrected chi connectivity index (χ1v) is 10.4. The number of nitrogens with two attached hydrogens (primary N) is 1. The van der Waals surface area contributed by atoms with Gasteiger partial charge in [-0.3, -0.25) is 4.99 Å². The average molecular weight is 454 g/mol. The molecule has 1 atom stereocenters. The van der Waals surface area contributed by atoms with Crippen molar-refractivity contribution in [2.45, 2.75) is 37.8 Å². The predicted molar refractivity (Wildman–Crippen MR) is 114 cm³/mol. The van der Waals surface area contributed by atoms with Gasteiger partial charge in [-0.1, -0.05) is 11.6 Å². The Bertz CT molecular complexity index is 1180. The van der Waals surface area contributed by atoms with Crippen molar-refractivity contribution in [1.29, 1.82) is 0 Å². The van der Waals surface area contributed by atoms with Crippen LogP contribution in [0.1, 0.15) is 26.3 Å². The third kappa shape index (κ3) is 3.18. The van der Waals surface area contributed by atoms with Crippen LogP contribution in [0, 0.1) is 5.82 Å². The lowest BCUT2D eigenvalue weighted by Crippen LogP contribution is -2.56. The van der Waals surface area contributed by atoms with E-state index in [1.807, 2.05) is 0 Å². The number of amidine groups is 1. The number of hydrogen-bond donors (Lipinski definition) is 1. The molecule has 1 aliphatic heterocycles. The number of thiazole rings is 1. The molecule has 4 nitrogen and oxygen atoms in total. The van der Waals surface area contributed by atoms with Gasteiger partial charge in [-0.05, 0) is 57.2 Å². The number of rotatable bonds is 2. The van der Waals surface area contributed by atoms with Gasteiger partial charge in [-0.15, -0.1) is 11.3 Å². The molecule has 30 heavy (non-hydrogen) atoms. The van der Waals surface area contributed by atoms with Crippen molar-refractivity contribution in [2.75, 3.05) is 6.61 Å². The van der Waals surface area contributed by atoms with Crippen molar-refractivity contribution in [3.63, 3.8) is 0 Å². The van der Waals surface area contributed by atoms with E-state index in [1.54, 1.807) is 18.2 Å².